The van der Waals surface area contributed by atoms with Gasteiger partial charge in [0.25, 0.3) is 10.0 Å². The van der Waals surface area contributed by atoms with E-state index in [1.54, 1.807) is 19.1 Å². The molecule has 6 nitrogen and oxygen atoms in total. The van der Waals surface area contributed by atoms with Gasteiger partial charge in [-0.15, -0.1) is 0 Å². The quantitative estimate of drug-likeness (QED) is 0.798. The van der Waals surface area contributed by atoms with Crippen molar-refractivity contribution in [3.8, 4) is 5.75 Å². The van der Waals surface area contributed by atoms with Crippen LogP contribution in [0.25, 0.3) is 0 Å². The lowest BCUT2D eigenvalue weighted by Crippen LogP contribution is -2.15. The number of methoxy groups -OCH3 is 1. The number of rotatable bonds is 6. The van der Waals surface area contributed by atoms with E-state index in [0.717, 1.165) is 11.1 Å². The highest BCUT2D eigenvalue weighted by atomic mass is 32.2. The first-order valence-corrected chi connectivity index (χ1v) is 9.12. The highest BCUT2D eigenvalue weighted by molar-refractivity contribution is 7.92. The third-order valence-corrected chi connectivity index (χ3v) is 5.24. The number of hydrogen-bond donors (Lipinski definition) is 1. The van der Waals surface area contributed by atoms with Gasteiger partial charge in [0.05, 0.1) is 17.7 Å². The molecule has 0 spiro atoms. The first-order valence-electron chi connectivity index (χ1n) is 7.64. The number of ether oxygens (including phenoxy) is 2. The molecule has 2 rings (SSSR count). The van der Waals surface area contributed by atoms with Gasteiger partial charge in [-0.05, 0) is 61.7 Å². The molecule has 0 aromatic heterocycles. The molecule has 2 aromatic rings. The van der Waals surface area contributed by atoms with Crippen molar-refractivity contribution in [1.29, 1.82) is 0 Å². The molecule has 0 aliphatic heterocycles. The van der Waals surface area contributed by atoms with Crippen molar-refractivity contribution in [2.75, 3.05) is 18.4 Å². The highest BCUT2D eigenvalue weighted by Crippen LogP contribution is 2.25. The minimum absolute atomic E-state index is 0.122. The Morgan fingerprint density at radius 2 is 1.80 bits per heavy atom. The maximum absolute atomic E-state index is 12.6. The van der Waals surface area contributed by atoms with E-state index in [-0.39, 0.29) is 11.5 Å². The Hall–Kier alpha value is -2.54. The molecule has 25 heavy (non-hydrogen) atoms. The maximum Gasteiger partial charge on any atom is 0.343 e. The fourth-order valence-corrected chi connectivity index (χ4v) is 3.42. The molecule has 7 heteroatoms. The number of anilines is 1. The second-order valence-corrected chi connectivity index (χ2v) is 7.33. The predicted octanol–water partition coefficient (Wildman–Crippen LogP) is 2.96. The van der Waals surface area contributed by atoms with E-state index in [4.69, 9.17) is 4.74 Å². The van der Waals surface area contributed by atoms with Gasteiger partial charge in [0.1, 0.15) is 5.75 Å². The molecule has 0 atom stereocenters. The summed E-state index contributed by atoms with van der Waals surface area (Å²) in [7, 11) is -2.45. The Balaban J connectivity index is 2.23. The summed E-state index contributed by atoms with van der Waals surface area (Å²) in [6.07, 6.45) is 0. The lowest BCUT2D eigenvalue weighted by Gasteiger charge is -2.14. The lowest BCUT2D eigenvalue weighted by atomic mass is 10.1. The number of aryl methyl sites for hydroxylation is 2. The van der Waals surface area contributed by atoms with E-state index in [2.05, 4.69) is 9.46 Å². The van der Waals surface area contributed by atoms with Gasteiger partial charge >= 0.3 is 5.97 Å². The number of benzene rings is 2. The van der Waals surface area contributed by atoms with Crippen LogP contribution in [-0.2, 0) is 19.6 Å². The van der Waals surface area contributed by atoms with Crippen molar-refractivity contribution in [3.63, 3.8) is 0 Å². The van der Waals surface area contributed by atoms with Gasteiger partial charge in [0.2, 0.25) is 0 Å². The Kier molecular flexibility index (Phi) is 5.69. The van der Waals surface area contributed by atoms with Crippen LogP contribution in [0.2, 0.25) is 0 Å². The van der Waals surface area contributed by atoms with Gasteiger partial charge in [-0.25, -0.2) is 13.2 Å². The summed E-state index contributed by atoms with van der Waals surface area (Å²) >= 11 is 0. The molecule has 0 bridgehead atoms. The maximum atomic E-state index is 12.6. The van der Waals surface area contributed by atoms with E-state index in [1.165, 1.54) is 25.3 Å². The summed E-state index contributed by atoms with van der Waals surface area (Å²) in [6, 6.07) is 9.91. The third kappa shape index (κ3) is 4.51. The fraction of sp³-hybridized carbons (Fsp3) is 0.278. The van der Waals surface area contributed by atoms with E-state index < -0.39 is 16.0 Å². The Bertz CT molecular complexity index is 890. The normalized spacial score (nSPS) is 11.0. The molecule has 0 fully saturated rings. The van der Waals surface area contributed by atoms with E-state index in [0.29, 0.717) is 17.0 Å². The van der Waals surface area contributed by atoms with Gasteiger partial charge in [0, 0.05) is 0 Å². The van der Waals surface area contributed by atoms with Crippen LogP contribution in [0.1, 0.15) is 16.7 Å². The van der Waals surface area contributed by atoms with Crippen LogP contribution in [0.15, 0.2) is 41.3 Å². The minimum atomic E-state index is -3.72. The molecule has 0 radical (unpaired) electrons. The number of sulfonamides is 1. The highest BCUT2D eigenvalue weighted by Gasteiger charge is 2.17. The summed E-state index contributed by atoms with van der Waals surface area (Å²) in [5.41, 5.74) is 3.03. The SMILES string of the molecule is COC(=O)COc1ccc(S(=O)(=O)Nc2cccc(C)c2C)cc1C. The molecule has 0 unspecified atom stereocenters. The summed E-state index contributed by atoms with van der Waals surface area (Å²) in [6.45, 7) is 5.26. The Labute approximate surface area is 147 Å². The molecule has 0 aliphatic rings. The first kappa shape index (κ1) is 18.8. The number of carbonyl (C=O) groups excluding carboxylic acids is 1. The van der Waals surface area contributed by atoms with Gasteiger partial charge in [-0.2, -0.15) is 0 Å². The molecule has 0 amide bonds. The second kappa shape index (κ2) is 7.57. The average molecular weight is 363 g/mol. The van der Waals surface area contributed by atoms with Crippen LogP contribution < -0.4 is 9.46 Å². The van der Waals surface area contributed by atoms with Crippen LogP contribution in [0.5, 0.6) is 5.75 Å². The average Bonchev–Trinajstić information content (AvgIpc) is 2.57. The molecular weight excluding hydrogens is 342 g/mol. The summed E-state index contributed by atoms with van der Waals surface area (Å²) in [5.74, 6) is -0.0798. The topological polar surface area (TPSA) is 81.7 Å². The lowest BCUT2D eigenvalue weighted by molar-refractivity contribution is -0.142. The number of carbonyl (C=O) groups is 1. The van der Waals surface area contributed by atoms with Gasteiger partial charge in [-0.1, -0.05) is 12.1 Å². The molecule has 0 aliphatic carbocycles. The minimum Gasteiger partial charge on any atom is -0.482 e. The van der Waals surface area contributed by atoms with Crippen molar-refractivity contribution in [2.24, 2.45) is 0 Å². The number of esters is 1. The summed E-state index contributed by atoms with van der Waals surface area (Å²) in [4.78, 5) is 11.3. The zero-order valence-electron chi connectivity index (χ0n) is 14.6. The van der Waals surface area contributed by atoms with Crippen molar-refractivity contribution in [3.05, 3.63) is 53.1 Å². The third-order valence-electron chi connectivity index (χ3n) is 3.88. The predicted molar refractivity (Wildman–Crippen MR) is 95.4 cm³/mol. The zero-order chi connectivity index (χ0) is 18.6. The molecular formula is C18H21NO5S. The van der Waals surface area contributed by atoms with Crippen LogP contribution in [0.4, 0.5) is 5.69 Å². The molecule has 134 valence electrons. The standard InChI is InChI=1S/C18H21NO5S/c1-12-6-5-7-16(14(12)3)19-25(21,22)15-8-9-17(13(2)10-15)24-11-18(20)23-4/h5-10,19H,11H2,1-4H3. The second-order valence-electron chi connectivity index (χ2n) is 5.65. The van der Waals surface area contributed by atoms with Crippen LogP contribution in [0.3, 0.4) is 0 Å². The van der Waals surface area contributed by atoms with Gasteiger partial charge in [-0.3, -0.25) is 4.72 Å². The van der Waals surface area contributed by atoms with Gasteiger partial charge < -0.3 is 9.47 Å². The van der Waals surface area contributed by atoms with Crippen LogP contribution >= 0.6 is 0 Å². The fourth-order valence-electron chi connectivity index (χ4n) is 2.21. The summed E-state index contributed by atoms with van der Waals surface area (Å²) in [5, 5.41) is 0. The molecule has 0 saturated carbocycles. The molecule has 0 saturated heterocycles. The van der Waals surface area contributed by atoms with Crippen molar-refractivity contribution >= 4 is 21.7 Å². The van der Waals surface area contributed by atoms with Gasteiger partial charge in [0.15, 0.2) is 6.61 Å². The van der Waals surface area contributed by atoms with E-state index in [1.807, 2.05) is 19.9 Å². The smallest absolute Gasteiger partial charge is 0.343 e. The van der Waals surface area contributed by atoms with E-state index >= 15 is 0 Å². The largest absolute Gasteiger partial charge is 0.482 e. The van der Waals surface area contributed by atoms with Crippen molar-refractivity contribution < 1.29 is 22.7 Å². The Morgan fingerprint density at radius 1 is 1.08 bits per heavy atom. The monoisotopic (exact) mass is 363 g/mol. The number of hydrogen-bond acceptors (Lipinski definition) is 5. The van der Waals surface area contributed by atoms with E-state index in [9.17, 15) is 13.2 Å². The number of nitrogens with one attached hydrogen (secondary N) is 1. The van der Waals surface area contributed by atoms with Crippen molar-refractivity contribution in [1.82, 2.24) is 0 Å². The first-order chi connectivity index (χ1) is 11.7. The zero-order valence-corrected chi connectivity index (χ0v) is 15.4. The summed E-state index contributed by atoms with van der Waals surface area (Å²) < 4.78 is 37.7. The van der Waals surface area contributed by atoms with Crippen molar-refractivity contribution in [2.45, 2.75) is 25.7 Å². The van der Waals surface area contributed by atoms with Crippen LogP contribution in [-0.4, -0.2) is 28.1 Å². The van der Waals surface area contributed by atoms with Crippen LogP contribution in [0, 0.1) is 20.8 Å². The molecule has 0 heterocycles. The Morgan fingerprint density at radius 3 is 2.44 bits per heavy atom. The molecule has 1 N–H and O–H groups in total. The molecule has 2 aromatic carbocycles.